The van der Waals surface area contributed by atoms with E-state index in [1.807, 2.05) is 30.3 Å². The molecule has 0 saturated carbocycles. The van der Waals surface area contributed by atoms with Gasteiger partial charge in [-0.25, -0.2) is 0 Å². The number of hydrogen-bond acceptors (Lipinski definition) is 2. The summed E-state index contributed by atoms with van der Waals surface area (Å²) in [6.07, 6.45) is 3.38. The van der Waals surface area contributed by atoms with Gasteiger partial charge in [0, 0.05) is 6.42 Å². The summed E-state index contributed by atoms with van der Waals surface area (Å²) in [5.41, 5.74) is 0.962. The largest absolute Gasteiger partial charge is 0.389 e. The molecule has 0 aliphatic carbocycles. The summed E-state index contributed by atoms with van der Waals surface area (Å²) in [7, 11) is 0. The SMILES string of the molecule is C#CC(O)C(O)Cc1ccccc1. The van der Waals surface area contributed by atoms with Crippen molar-refractivity contribution in [2.75, 3.05) is 0 Å². The van der Waals surface area contributed by atoms with Crippen molar-refractivity contribution < 1.29 is 10.2 Å². The second-order valence-corrected chi connectivity index (χ2v) is 2.87. The topological polar surface area (TPSA) is 40.5 Å². The Morgan fingerprint density at radius 3 is 2.38 bits per heavy atom. The van der Waals surface area contributed by atoms with Gasteiger partial charge in [-0.15, -0.1) is 6.42 Å². The molecule has 2 heteroatoms. The van der Waals surface area contributed by atoms with Gasteiger partial charge in [0.2, 0.25) is 0 Å². The molecule has 0 bridgehead atoms. The van der Waals surface area contributed by atoms with Crippen LogP contribution in [0, 0.1) is 12.3 Å². The first-order valence-corrected chi connectivity index (χ1v) is 4.10. The Hall–Kier alpha value is -1.30. The van der Waals surface area contributed by atoms with E-state index >= 15 is 0 Å². The fourth-order valence-corrected chi connectivity index (χ4v) is 1.08. The van der Waals surface area contributed by atoms with Gasteiger partial charge in [-0.1, -0.05) is 36.3 Å². The van der Waals surface area contributed by atoms with Crippen molar-refractivity contribution in [3.05, 3.63) is 35.9 Å². The van der Waals surface area contributed by atoms with Gasteiger partial charge in [-0.05, 0) is 5.56 Å². The molecule has 2 unspecified atom stereocenters. The summed E-state index contributed by atoms with van der Waals surface area (Å²) in [5.74, 6) is 2.09. The molecule has 0 aliphatic heterocycles. The van der Waals surface area contributed by atoms with Crippen LogP contribution in [0.5, 0.6) is 0 Å². The van der Waals surface area contributed by atoms with Crippen LogP contribution < -0.4 is 0 Å². The summed E-state index contributed by atoms with van der Waals surface area (Å²) >= 11 is 0. The highest BCUT2D eigenvalue weighted by Gasteiger charge is 2.13. The van der Waals surface area contributed by atoms with Gasteiger partial charge >= 0.3 is 0 Å². The minimum atomic E-state index is -1.08. The lowest BCUT2D eigenvalue weighted by atomic mass is 10.0. The van der Waals surface area contributed by atoms with Crippen LogP contribution in [0.1, 0.15) is 5.56 Å². The lowest BCUT2D eigenvalue weighted by Gasteiger charge is -2.12. The van der Waals surface area contributed by atoms with Gasteiger partial charge in [0.1, 0.15) is 6.10 Å². The number of aliphatic hydroxyl groups is 2. The van der Waals surface area contributed by atoms with E-state index in [1.54, 1.807) is 0 Å². The molecule has 0 amide bonds. The molecule has 13 heavy (non-hydrogen) atoms. The summed E-state index contributed by atoms with van der Waals surface area (Å²) in [4.78, 5) is 0. The van der Waals surface area contributed by atoms with E-state index in [0.717, 1.165) is 5.56 Å². The predicted octanol–water partition coefficient (Wildman–Crippen LogP) is 0.584. The smallest absolute Gasteiger partial charge is 0.140 e. The van der Waals surface area contributed by atoms with Crippen LogP contribution in [0.15, 0.2) is 30.3 Å². The number of benzene rings is 1. The van der Waals surface area contributed by atoms with Gasteiger partial charge in [-0.3, -0.25) is 0 Å². The van der Waals surface area contributed by atoms with Crippen LogP contribution >= 0.6 is 0 Å². The zero-order valence-electron chi connectivity index (χ0n) is 7.22. The van der Waals surface area contributed by atoms with Crippen molar-refractivity contribution in [2.45, 2.75) is 18.6 Å². The molecular formula is C11H12O2. The van der Waals surface area contributed by atoms with Gasteiger partial charge < -0.3 is 10.2 Å². The molecule has 68 valence electrons. The fourth-order valence-electron chi connectivity index (χ4n) is 1.08. The summed E-state index contributed by atoms with van der Waals surface area (Å²) in [5, 5.41) is 18.5. The number of terminal acetylenes is 1. The summed E-state index contributed by atoms with van der Waals surface area (Å²) in [6, 6.07) is 9.42. The maximum atomic E-state index is 9.38. The van der Waals surface area contributed by atoms with E-state index in [0.29, 0.717) is 6.42 Å². The highest BCUT2D eigenvalue weighted by atomic mass is 16.3. The molecule has 1 aromatic carbocycles. The fraction of sp³-hybridized carbons (Fsp3) is 0.273. The lowest BCUT2D eigenvalue weighted by molar-refractivity contribution is 0.0550. The lowest BCUT2D eigenvalue weighted by Crippen LogP contribution is -2.26. The van der Waals surface area contributed by atoms with E-state index in [-0.39, 0.29) is 0 Å². The summed E-state index contributed by atoms with van der Waals surface area (Å²) < 4.78 is 0. The van der Waals surface area contributed by atoms with Crippen molar-refractivity contribution in [1.82, 2.24) is 0 Å². The van der Waals surface area contributed by atoms with Crippen LogP contribution in [0.2, 0.25) is 0 Å². The van der Waals surface area contributed by atoms with Crippen LogP contribution in [0.4, 0.5) is 0 Å². The zero-order valence-corrected chi connectivity index (χ0v) is 7.22. The molecule has 0 aromatic heterocycles. The van der Waals surface area contributed by atoms with Gasteiger partial charge in [0.25, 0.3) is 0 Å². The molecule has 0 heterocycles. The number of aliphatic hydroxyl groups excluding tert-OH is 2. The third kappa shape index (κ3) is 2.90. The van der Waals surface area contributed by atoms with Crippen LogP contribution in [0.3, 0.4) is 0 Å². The molecule has 0 fully saturated rings. The molecule has 1 aromatic rings. The predicted molar refractivity (Wildman–Crippen MR) is 51.0 cm³/mol. The van der Waals surface area contributed by atoms with Crippen LogP contribution in [0.25, 0.3) is 0 Å². The minimum Gasteiger partial charge on any atom is -0.389 e. The Balaban J connectivity index is 2.56. The molecule has 1 rings (SSSR count). The Kier molecular flexibility index (Phi) is 3.51. The van der Waals surface area contributed by atoms with Gasteiger partial charge in [0.15, 0.2) is 0 Å². The maximum absolute atomic E-state index is 9.38. The molecule has 0 radical (unpaired) electrons. The van der Waals surface area contributed by atoms with Crippen molar-refractivity contribution in [1.29, 1.82) is 0 Å². The average Bonchev–Trinajstić information content (AvgIpc) is 2.18. The van der Waals surface area contributed by atoms with Crippen LogP contribution in [-0.4, -0.2) is 22.4 Å². The van der Waals surface area contributed by atoms with Gasteiger partial charge in [0.05, 0.1) is 6.10 Å². The van der Waals surface area contributed by atoms with Crippen molar-refractivity contribution in [2.24, 2.45) is 0 Å². The normalized spacial score (nSPS) is 14.5. The third-order valence-corrected chi connectivity index (χ3v) is 1.82. The first-order valence-electron chi connectivity index (χ1n) is 4.10. The second-order valence-electron chi connectivity index (χ2n) is 2.87. The second kappa shape index (κ2) is 4.66. The molecule has 2 nitrogen and oxygen atoms in total. The Bertz CT molecular complexity index is 287. The molecule has 0 spiro atoms. The van der Waals surface area contributed by atoms with Crippen molar-refractivity contribution >= 4 is 0 Å². The first-order chi connectivity index (χ1) is 6.24. The van der Waals surface area contributed by atoms with E-state index < -0.39 is 12.2 Å². The van der Waals surface area contributed by atoms with Crippen molar-refractivity contribution in [3.63, 3.8) is 0 Å². The maximum Gasteiger partial charge on any atom is 0.140 e. The van der Waals surface area contributed by atoms with E-state index in [2.05, 4.69) is 5.92 Å². The first kappa shape index (κ1) is 9.79. The van der Waals surface area contributed by atoms with E-state index in [4.69, 9.17) is 11.5 Å². The highest BCUT2D eigenvalue weighted by Crippen LogP contribution is 2.05. The molecular weight excluding hydrogens is 164 g/mol. The number of rotatable bonds is 3. The number of hydrogen-bond donors (Lipinski definition) is 2. The summed E-state index contributed by atoms with van der Waals surface area (Å²) in [6.45, 7) is 0. The third-order valence-electron chi connectivity index (χ3n) is 1.82. The average molecular weight is 176 g/mol. The Morgan fingerprint density at radius 2 is 1.85 bits per heavy atom. The molecule has 2 N–H and O–H groups in total. The van der Waals surface area contributed by atoms with Gasteiger partial charge in [-0.2, -0.15) is 0 Å². The van der Waals surface area contributed by atoms with E-state index in [1.165, 1.54) is 0 Å². The molecule has 2 atom stereocenters. The molecule has 0 saturated heterocycles. The highest BCUT2D eigenvalue weighted by molar-refractivity contribution is 5.16. The Morgan fingerprint density at radius 1 is 1.23 bits per heavy atom. The zero-order chi connectivity index (χ0) is 9.68. The monoisotopic (exact) mass is 176 g/mol. The van der Waals surface area contributed by atoms with Crippen LogP contribution in [-0.2, 0) is 6.42 Å². The molecule has 0 aliphatic rings. The quantitative estimate of drug-likeness (QED) is 0.661. The Labute approximate surface area is 77.8 Å². The minimum absolute atomic E-state index is 0.381. The standard InChI is InChI=1S/C11H12O2/c1-2-10(12)11(13)8-9-6-4-3-5-7-9/h1,3-7,10-13H,8H2. The van der Waals surface area contributed by atoms with Crippen molar-refractivity contribution in [3.8, 4) is 12.3 Å². The van der Waals surface area contributed by atoms with E-state index in [9.17, 15) is 5.11 Å².